The van der Waals surface area contributed by atoms with Crippen molar-refractivity contribution in [1.82, 2.24) is 14.7 Å². The SMILES string of the molecule is Cc1cccc2c1ccn2Cc1noc(C2CC2)n1. The molecule has 0 aliphatic heterocycles. The van der Waals surface area contributed by atoms with Gasteiger partial charge in [-0.15, -0.1) is 0 Å². The number of aryl methyl sites for hydroxylation is 1. The molecule has 3 aromatic rings. The molecule has 0 radical (unpaired) electrons. The summed E-state index contributed by atoms with van der Waals surface area (Å²) in [7, 11) is 0. The zero-order valence-electron chi connectivity index (χ0n) is 10.8. The quantitative estimate of drug-likeness (QED) is 0.719. The van der Waals surface area contributed by atoms with E-state index in [1.807, 2.05) is 0 Å². The lowest BCUT2D eigenvalue weighted by Crippen LogP contribution is -2.00. The van der Waals surface area contributed by atoms with E-state index in [9.17, 15) is 0 Å². The van der Waals surface area contributed by atoms with E-state index >= 15 is 0 Å². The molecule has 0 saturated heterocycles. The van der Waals surface area contributed by atoms with E-state index in [2.05, 4.69) is 52.1 Å². The molecule has 4 rings (SSSR count). The van der Waals surface area contributed by atoms with Crippen LogP contribution in [0.1, 0.15) is 36.0 Å². The van der Waals surface area contributed by atoms with Gasteiger partial charge in [-0.05, 0) is 37.5 Å². The number of benzene rings is 1. The molecule has 1 aromatic carbocycles. The minimum Gasteiger partial charge on any atom is -0.340 e. The predicted molar refractivity (Wildman–Crippen MR) is 72.1 cm³/mol. The summed E-state index contributed by atoms with van der Waals surface area (Å²) in [5.41, 5.74) is 2.51. The van der Waals surface area contributed by atoms with Crippen LogP contribution in [0.15, 0.2) is 35.0 Å². The summed E-state index contributed by atoms with van der Waals surface area (Å²) in [5, 5.41) is 5.36. The number of hydrogen-bond donors (Lipinski definition) is 0. The molecule has 0 atom stereocenters. The summed E-state index contributed by atoms with van der Waals surface area (Å²) in [6, 6.07) is 8.49. The van der Waals surface area contributed by atoms with Crippen LogP contribution in [0.25, 0.3) is 10.9 Å². The predicted octanol–water partition coefficient (Wildman–Crippen LogP) is 3.26. The van der Waals surface area contributed by atoms with Crippen molar-refractivity contribution in [3.8, 4) is 0 Å². The van der Waals surface area contributed by atoms with Gasteiger partial charge in [-0.25, -0.2) is 0 Å². The van der Waals surface area contributed by atoms with Gasteiger partial charge in [0.25, 0.3) is 0 Å². The average molecular weight is 253 g/mol. The topological polar surface area (TPSA) is 43.9 Å². The molecule has 96 valence electrons. The highest BCUT2D eigenvalue weighted by Gasteiger charge is 2.29. The summed E-state index contributed by atoms with van der Waals surface area (Å²) < 4.78 is 7.47. The lowest BCUT2D eigenvalue weighted by atomic mass is 10.1. The first-order valence-corrected chi connectivity index (χ1v) is 6.68. The van der Waals surface area contributed by atoms with E-state index < -0.39 is 0 Å². The molecule has 4 heteroatoms. The van der Waals surface area contributed by atoms with Gasteiger partial charge < -0.3 is 9.09 Å². The maximum Gasteiger partial charge on any atom is 0.229 e. The summed E-state index contributed by atoms with van der Waals surface area (Å²) in [5.74, 6) is 2.09. The van der Waals surface area contributed by atoms with E-state index in [1.54, 1.807) is 0 Å². The normalized spacial score (nSPS) is 15.2. The fourth-order valence-corrected chi connectivity index (χ4v) is 2.50. The smallest absolute Gasteiger partial charge is 0.229 e. The number of hydrogen-bond acceptors (Lipinski definition) is 3. The second-order valence-electron chi connectivity index (χ2n) is 5.27. The Hall–Kier alpha value is -2.10. The van der Waals surface area contributed by atoms with Crippen molar-refractivity contribution in [3.63, 3.8) is 0 Å². The van der Waals surface area contributed by atoms with Gasteiger partial charge in [-0.3, -0.25) is 0 Å². The van der Waals surface area contributed by atoms with Crippen molar-refractivity contribution in [2.24, 2.45) is 0 Å². The maximum atomic E-state index is 5.30. The summed E-state index contributed by atoms with van der Waals surface area (Å²) >= 11 is 0. The van der Waals surface area contributed by atoms with Crippen LogP contribution in [-0.2, 0) is 6.54 Å². The van der Waals surface area contributed by atoms with Crippen LogP contribution in [0, 0.1) is 6.92 Å². The summed E-state index contributed by atoms with van der Waals surface area (Å²) in [4.78, 5) is 4.48. The fraction of sp³-hybridized carbons (Fsp3) is 0.333. The molecule has 0 bridgehead atoms. The van der Waals surface area contributed by atoms with Crippen LogP contribution in [0.2, 0.25) is 0 Å². The number of aromatic nitrogens is 3. The standard InChI is InChI=1S/C15H15N3O/c1-10-3-2-4-13-12(10)7-8-18(13)9-14-16-15(19-17-14)11-5-6-11/h2-4,7-8,11H,5-6,9H2,1H3. The van der Waals surface area contributed by atoms with Crippen LogP contribution in [0.4, 0.5) is 0 Å². The van der Waals surface area contributed by atoms with Crippen molar-refractivity contribution in [3.05, 3.63) is 47.7 Å². The Morgan fingerprint density at radius 1 is 1.32 bits per heavy atom. The van der Waals surface area contributed by atoms with Gasteiger partial charge in [-0.2, -0.15) is 4.98 Å². The van der Waals surface area contributed by atoms with E-state index in [-0.39, 0.29) is 0 Å². The molecule has 1 fully saturated rings. The Morgan fingerprint density at radius 3 is 3.05 bits per heavy atom. The van der Waals surface area contributed by atoms with Gasteiger partial charge in [-0.1, -0.05) is 17.3 Å². The van der Waals surface area contributed by atoms with Crippen molar-refractivity contribution in [1.29, 1.82) is 0 Å². The third-order valence-electron chi connectivity index (χ3n) is 3.75. The van der Waals surface area contributed by atoms with Crippen molar-refractivity contribution >= 4 is 10.9 Å². The second-order valence-corrected chi connectivity index (χ2v) is 5.27. The highest BCUT2D eigenvalue weighted by atomic mass is 16.5. The molecule has 1 saturated carbocycles. The molecule has 0 N–H and O–H groups in total. The monoisotopic (exact) mass is 253 g/mol. The summed E-state index contributed by atoms with van der Waals surface area (Å²) in [6.45, 7) is 2.80. The van der Waals surface area contributed by atoms with Crippen LogP contribution in [-0.4, -0.2) is 14.7 Å². The molecular weight excluding hydrogens is 238 g/mol. The molecule has 1 aliphatic carbocycles. The second kappa shape index (κ2) is 3.95. The Morgan fingerprint density at radius 2 is 2.21 bits per heavy atom. The average Bonchev–Trinajstić information content (AvgIpc) is 3.02. The van der Waals surface area contributed by atoms with E-state index in [4.69, 9.17) is 4.52 Å². The zero-order chi connectivity index (χ0) is 12.8. The van der Waals surface area contributed by atoms with Crippen molar-refractivity contribution in [2.75, 3.05) is 0 Å². The van der Waals surface area contributed by atoms with Crippen LogP contribution < -0.4 is 0 Å². The third-order valence-corrected chi connectivity index (χ3v) is 3.75. The van der Waals surface area contributed by atoms with Crippen LogP contribution >= 0.6 is 0 Å². The van der Waals surface area contributed by atoms with Crippen molar-refractivity contribution < 1.29 is 4.52 Å². The number of fused-ring (bicyclic) bond motifs is 1. The molecule has 4 nitrogen and oxygen atoms in total. The first-order valence-electron chi connectivity index (χ1n) is 6.68. The molecule has 0 amide bonds. The Labute approximate surface area is 111 Å². The Kier molecular flexibility index (Phi) is 2.24. The van der Waals surface area contributed by atoms with Gasteiger partial charge >= 0.3 is 0 Å². The molecule has 2 aromatic heterocycles. The zero-order valence-corrected chi connectivity index (χ0v) is 10.8. The molecular formula is C15H15N3O. The number of nitrogens with zero attached hydrogens (tertiary/aromatic N) is 3. The highest BCUT2D eigenvalue weighted by molar-refractivity contribution is 5.83. The van der Waals surface area contributed by atoms with Crippen LogP contribution in [0.5, 0.6) is 0 Å². The lowest BCUT2D eigenvalue weighted by Gasteiger charge is -2.02. The maximum absolute atomic E-state index is 5.30. The molecule has 0 unspecified atom stereocenters. The fourth-order valence-electron chi connectivity index (χ4n) is 2.50. The van der Waals surface area contributed by atoms with Gasteiger partial charge in [0.2, 0.25) is 5.89 Å². The first kappa shape index (κ1) is 10.8. The molecule has 0 spiro atoms. The van der Waals surface area contributed by atoms with E-state index in [0.29, 0.717) is 12.5 Å². The highest BCUT2D eigenvalue weighted by Crippen LogP contribution is 2.38. The van der Waals surface area contributed by atoms with E-state index in [1.165, 1.54) is 29.3 Å². The third kappa shape index (κ3) is 1.84. The Bertz CT molecular complexity index is 737. The first-order chi connectivity index (χ1) is 9.31. The minimum atomic E-state index is 0.518. The van der Waals surface area contributed by atoms with E-state index in [0.717, 1.165) is 11.7 Å². The summed E-state index contributed by atoms with van der Waals surface area (Å²) in [6.07, 6.45) is 4.46. The lowest BCUT2D eigenvalue weighted by molar-refractivity contribution is 0.373. The van der Waals surface area contributed by atoms with Gasteiger partial charge in [0.15, 0.2) is 5.82 Å². The molecule has 2 heterocycles. The van der Waals surface area contributed by atoms with Gasteiger partial charge in [0.1, 0.15) is 0 Å². The van der Waals surface area contributed by atoms with Crippen LogP contribution in [0.3, 0.4) is 0 Å². The molecule has 1 aliphatic rings. The largest absolute Gasteiger partial charge is 0.340 e. The number of rotatable bonds is 3. The van der Waals surface area contributed by atoms with Gasteiger partial charge in [0, 0.05) is 23.0 Å². The molecule has 19 heavy (non-hydrogen) atoms. The minimum absolute atomic E-state index is 0.518. The Balaban J connectivity index is 1.68. The van der Waals surface area contributed by atoms with Gasteiger partial charge in [0.05, 0.1) is 6.54 Å². The van der Waals surface area contributed by atoms with Crippen molar-refractivity contribution in [2.45, 2.75) is 32.2 Å².